The Hall–Kier alpha value is -2.24. The first-order valence-corrected chi connectivity index (χ1v) is 7.17. The van der Waals surface area contributed by atoms with E-state index in [2.05, 4.69) is 10.5 Å². The highest BCUT2D eigenvalue weighted by Gasteiger charge is 2.17. The molecular formula is C15H21N3O3. The molecule has 2 rings (SSSR count). The van der Waals surface area contributed by atoms with Crippen LogP contribution in [-0.2, 0) is 4.79 Å². The summed E-state index contributed by atoms with van der Waals surface area (Å²) < 4.78 is 5.44. The highest BCUT2D eigenvalue weighted by Crippen LogP contribution is 2.28. The predicted molar refractivity (Wildman–Crippen MR) is 79.4 cm³/mol. The number of carbonyl (C=O) groups excluding carboxylic acids is 1. The number of nitrogens with zero attached hydrogens (tertiary/aromatic N) is 1. The minimum absolute atomic E-state index is 0.0454. The van der Waals surface area contributed by atoms with E-state index in [-0.39, 0.29) is 18.3 Å². The third kappa shape index (κ3) is 4.37. The Morgan fingerprint density at radius 3 is 2.86 bits per heavy atom. The molecule has 1 aromatic rings. The molecule has 1 aromatic carbocycles. The van der Waals surface area contributed by atoms with E-state index in [1.54, 1.807) is 24.3 Å². The standard InChI is InChI=1S/C15H21N3O3/c16-15(18-20)12-6-1-2-7-13(12)21-10-14(19)17-9-8-11-4-3-5-11/h1-2,6-7,11,20H,3-5,8-10H2,(H2,16,18)(H,17,19). The number of hydrogen-bond acceptors (Lipinski definition) is 4. The number of amides is 1. The summed E-state index contributed by atoms with van der Waals surface area (Å²) in [6.45, 7) is 0.606. The van der Waals surface area contributed by atoms with E-state index in [0.29, 0.717) is 17.9 Å². The van der Waals surface area contributed by atoms with Crippen molar-refractivity contribution in [2.24, 2.45) is 16.8 Å². The highest BCUT2D eigenvalue weighted by atomic mass is 16.5. The van der Waals surface area contributed by atoms with Gasteiger partial charge in [-0.05, 0) is 24.5 Å². The van der Waals surface area contributed by atoms with Crippen molar-refractivity contribution >= 4 is 11.7 Å². The molecule has 0 saturated heterocycles. The van der Waals surface area contributed by atoms with E-state index < -0.39 is 0 Å². The number of hydrogen-bond donors (Lipinski definition) is 3. The fraction of sp³-hybridized carbons (Fsp3) is 0.467. The lowest BCUT2D eigenvalue weighted by molar-refractivity contribution is -0.123. The molecule has 0 aliphatic heterocycles. The van der Waals surface area contributed by atoms with Crippen LogP contribution >= 0.6 is 0 Å². The Balaban J connectivity index is 1.78. The number of ether oxygens (including phenoxy) is 1. The maximum atomic E-state index is 11.7. The second-order valence-electron chi connectivity index (χ2n) is 5.21. The zero-order valence-corrected chi connectivity index (χ0v) is 11.9. The van der Waals surface area contributed by atoms with Crippen molar-refractivity contribution in [3.8, 4) is 5.75 Å². The molecule has 6 heteroatoms. The molecule has 1 saturated carbocycles. The Morgan fingerprint density at radius 1 is 1.43 bits per heavy atom. The second-order valence-corrected chi connectivity index (χ2v) is 5.21. The first kappa shape index (κ1) is 15.2. The minimum atomic E-state index is -0.163. The van der Waals surface area contributed by atoms with Gasteiger partial charge in [-0.3, -0.25) is 4.79 Å². The second kappa shape index (κ2) is 7.52. The molecule has 6 nitrogen and oxygen atoms in total. The number of para-hydroxylation sites is 1. The molecule has 1 aliphatic carbocycles. The summed E-state index contributed by atoms with van der Waals surface area (Å²) in [4.78, 5) is 11.7. The Bertz CT molecular complexity index is 513. The average molecular weight is 291 g/mol. The molecule has 0 bridgehead atoms. The predicted octanol–water partition coefficient (Wildman–Crippen LogP) is 1.47. The molecule has 0 unspecified atom stereocenters. The fourth-order valence-electron chi connectivity index (χ4n) is 2.25. The number of amidine groups is 1. The van der Waals surface area contributed by atoms with E-state index >= 15 is 0 Å². The lowest BCUT2D eigenvalue weighted by atomic mass is 9.83. The van der Waals surface area contributed by atoms with E-state index in [4.69, 9.17) is 15.7 Å². The van der Waals surface area contributed by atoms with Gasteiger partial charge < -0.3 is 21.0 Å². The molecule has 0 atom stereocenters. The van der Waals surface area contributed by atoms with Crippen LogP contribution in [0.2, 0.25) is 0 Å². The normalized spacial score (nSPS) is 15.3. The Morgan fingerprint density at radius 2 is 2.19 bits per heavy atom. The summed E-state index contributed by atoms with van der Waals surface area (Å²) in [5.41, 5.74) is 6.02. The molecule has 1 fully saturated rings. The summed E-state index contributed by atoms with van der Waals surface area (Å²) in [5, 5.41) is 14.5. The van der Waals surface area contributed by atoms with Gasteiger partial charge in [0.2, 0.25) is 0 Å². The molecule has 4 N–H and O–H groups in total. The molecule has 0 heterocycles. The van der Waals surface area contributed by atoms with Crippen LogP contribution in [0.1, 0.15) is 31.2 Å². The number of oxime groups is 1. The number of benzene rings is 1. The van der Waals surface area contributed by atoms with E-state index in [0.717, 1.165) is 12.3 Å². The molecule has 0 spiro atoms. The van der Waals surface area contributed by atoms with Gasteiger partial charge in [-0.1, -0.05) is 36.6 Å². The van der Waals surface area contributed by atoms with Gasteiger partial charge in [0.05, 0.1) is 5.56 Å². The Labute approximate surface area is 124 Å². The van der Waals surface area contributed by atoms with Gasteiger partial charge in [0.25, 0.3) is 5.91 Å². The third-order valence-electron chi connectivity index (χ3n) is 3.73. The molecule has 0 radical (unpaired) electrons. The summed E-state index contributed by atoms with van der Waals surface area (Å²) in [6.07, 6.45) is 4.90. The van der Waals surface area contributed by atoms with Crippen molar-refractivity contribution in [2.75, 3.05) is 13.2 Å². The quantitative estimate of drug-likeness (QED) is 0.307. The van der Waals surface area contributed by atoms with Crippen molar-refractivity contribution in [2.45, 2.75) is 25.7 Å². The van der Waals surface area contributed by atoms with Gasteiger partial charge in [0.1, 0.15) is 5.75 Å². The van der Waals surface area contributed by atoms with Crippen molar-refractivity contribution in [1.82, 2.24) is 5.32 Å². The van der Waals surface area contributed by atoms with Crippen LogP contribution in [-0.4, -0.2) is 30.1 Å². The van der Waals surface area contributed by atoms with Crippen molar-refractivity contribution in [3.63, 3.8) is 0 Å². The zero-order valence-electron chi connectivity index (χ0n) is 11.9. The molecular weight excluding hydrogens is 270 g/mol. The summed E-state index contributed by atoms with van der Waals surface area (Å²) >= 11 is 0. The summed E-state index contributed by atoms with van der Waals surface area (Å²) in [5.74, 6) is 0.981. The van der Waals surface area contributed by atoms with E-state index in [9.17, 15) is 4.79 Å². The van der Waals surface area contributed by atoms with E-state index in [1.165, 1.54) is 19.3 Å². The number of nitrogens with two attached hydrogens (primary N) is 1. The number of rotatable bonds is 7. The fourth-order valence-corrected chi connectivity index (χ4v) is 2.25. The zero-order chi connectivity index (χ0) is 15.1. The van der Waals surface area contributed by atoms with Gasteiger partial charge >= 0.3 is 0 Å². The first-order chi connectivity index (χ1) is 10.2. The lowest BCUT2D eigenvalue weighted by Gasteiger charge is -2.25. The maximum Gasteiger partial charge on any atom is 0.257 e. The summed E-state index contributed by atoms with van der Waals surface area (Å²) in [6, 6.07) is 6.85. The van der Waals surface area contributed by atoms with Crippen LogP contribution < -0.4 is 15.8 Å². The molecule has 0 aromatic heterocycles. The van der Waals surface area contributed by atoms with Crippen molar-refractivity contribution < 1.29 is 14.7 Å². The van der Waals surface area contributed by atoms with Gasteiger partial charge in [0.15, 0.2) is 12.4 Å². The van der Waals surface area contributed by atoms with Crippen LogP contribution in [0.4, 0.5) is 0 Å². The van der Waals surface area contributed by atoms with Crippen LogP contribution in [0, 0.1) is 5.92 Å². The molecule has 1 amide bonds. The smallest absolute Gasteiger partial charge is 0.257 e. The number of carbonyl (C=O) groups is 1. The molecule has 21 heavy (non-hydrogen) atoms. The Kier molecular flexibility index (Phi) is 5.43. The monoisotopic (exact) mass is 291 g/mol. The first-order valence-electron chi connectivity index (χ1n) is 7.17. The highest BCUT2D eigenvalue weighted by molar-refractivity contribution is 5.99. The van der Waals surface area contributed by atoms with Crippen molar-refractivity contribution in [1.29, 1.82) is 0 Å². The van der Waals surface area contributed by atoms with Crippen molar-refractivity contribution in [3.05, 3.63) is 29.8 Å². The number of nitrogens with one attached hydrogen (secondary N) is 1. The average Bonchev–Trinajstić information content (AvgIpc) is 2.47. The van der Waals surface area contributed by atoms with Gasteiger partial charge in [-0.2, -0.15) is 0 Å². The van der Waals surface area contributed by atoms with E-state index in [1.807, 2.05) is 0 Å². The molecule has 114 valence electrons. The minimum Gasteiger partial charge on any atom is -0.483 e. The van der Waals surface area contributed by atoms with Crippen LogP contribution in [0.3, 0.4) is 0 Å². The summed E-state index contributed by atoms with van der Waals surface area (Å²) in [7, 11) is 0. The third-order valence-corrected chi connectivity index (χ3v) is 3.73. The van der Waals surface area contributed by atoms with Crippen LogP contribution in [0.5, 0.6) is 5.75 Å². The van der Waals surface area contributed by atoms with Gasteiger partial charge in [-0.15, -0.1) is 0 Å². The maximum absolute atomic E-state index is 11.7. The largest absolute Gasteiger partial charge is 0.483 e. The SMILES string of the molecule is N/C(=N/O)c1ccccc1OCC(=O)NCCC1CCC1. The van der Waals surface area contributed by atoms with Crippen LogP contribution in [0.15, 0.2) is 29.4 Å². The topological polar surface area (TPSA) is 96.9 Å². The molecule has 1 aliphatic rings. The lowest BCUT2D eigenvalue weighted by Crippen LogP contribution is -2.31. The van der Waals surface area contributed by atoms with Gasteiger partial charge in [-0.25, -0.2) is 0 Å². The van der Waals surface area contributed by atoms with Crippen LogP contribution in [0.25, 0.3) is 0 Å². The van der Waals surface area contributed by atoms with Gasteiger partial charge in [0, 0.05) is 6.54 Å².